The highest BCUT2D eigenvalue weighted by atomic mass is 32.2. The van der Waals surface area contributed by atoms with E-state index in [1.165, 1.54) is 18.0 Å². The molecule has 2 aliphatic rings. The molecule has 0 radical (unpaired) electrons. The molecule has 8 heteroatoms. The van der Waals surface area contributed by atoms with Gasteiger partial charge in [-0.3, -0.25) is 9.78 Å². The van der Waals surface area contributed by atoms with E-state index in [2.05, 4.69) is 4.98 Å². The third-order valence-electron chi connectivity index (χ3n) is 4.84. The minimum atomic E-state index is -1.56. The number of ether oxygens (including phenoxy) is 1. The van der Waals surface area contributed by atoms with Crippen molar-refractivity contribution in [3.05, 3.63) is 64.5 Å². The fraction of sp³-hybridized carbons (Fsp3) is 0.273. The van der Waals surface area contributed by atoms with Crippen molar-refractivity contribution in [3.8, 4) is 0 Å². The number of aliphatic hydroxyl groups is 1. The normalized spacial score (nSPS) is 21.9. The zero-order valence-electron chi connectivity index (χ0n) is 15.8. The van der Waals surface area contributed by atoms with Crippen LogP contribution >= 0.6 is 11.8 Å². The van der Waals surface area contributed by atoms with Gasteiger partial charge < -0.3 is 9.84 Å². The Kier molecular flexibility index (Phi) is 5.97. The molecule has 0 amide bonds. The number of thioether (sulfide) groups is 1. The number of fused-ring (bicyclic) bond motifs is 1. The first-order chi connectivity index (χ1) is 14.4. The van der Waals surface area contributed by atoms with Gasteiger partial charge in [0.05, 0.1) is 12.5 Å². The van der Waals surface area contributed by atoms with Crippen molar-refractivity contribution in [2.75, 3.05) is 0 Å². The standard InChI is InChI=1S/C22H18F3NO3S/c23-17-10-16-21(20(25)19(17)24)26-11-12(22(16)30-15-4-2-1-3-5-15)6-7-14-8-13(27)9-18(28)29-14/h2,4-7,10-11,13-14,27H,1,3,8-9H2/b7-6+/t13-,14-/m1/s1. The molecule has 2 heterocycles. The Labute approximate surface area is 175 Å². The fourth-order valence-corrected chi connectivity index (χ4v) is 4.49. The molecule has 2 aromatic rings. The van der Waals surface area contributed by atoms with E-state index in [0.29, 0.717) is 10.5 Å². The van der Waals surface area contributed by atoms with Crippen molar-refractivity contribution >= 4 is 34.7 Å². The maximum atomic E-state index is 14.3. The van der Waals surface area contributed by atoms with E-state index in [-0.39, 0.29) is 23.7 Å². The third kappa shape index (κ3) is 4.29. The molecule has 1 aliphatic heterocycles. The Morgan fingerprint density at radius 1 is 1.23 bits per heavy atom. The summed E-state index contributed by atoms with van der Waals surface area (Å²) >= 11 is 1.30. The molecular weight excluding hydrogens is 415 g/mol. The lowest BCUT2D eigenvalue weighted by molar-refractivity contribution is -0.156. The summed E-state index contributed by atoms with van der Waals surface area (Å²) in [4.78, 5) is 16.9. The van der Waals surface area contributed by atoms with E-state index in [0.717, 1.165) is 23.8 Å². The SMILES string of the molecule is O=C1C[C@H](O)C[C@@H](/C=C/c2cnc3c(F)c(F)c(F)cc3c2SC2=CCCC=C2)O1. The van der Waals surface area contributed by atoms with Crippen LogP contribution in [-0.4, -0.2) is 28.3 Å². The smallest absolute Gasteiger partial charge is 0.309 e. The number of cyclic esters (lactones) is 1. The summed E-state index contributed by atoms with van der Waals surface area (Å²) in [6.07, 6.45) is 11.1. The highest BCUT2D eigenvalue weighted by Crippen LogP contribution is 2.39. The molecule has 0 saturated carbocycles. The van der Waals surface area contributed by atoms with Crippen LogP contribution in [-0.2, 0) is 9.53 Å². The quantitative estimate of drug-likeness (QED) is 0.540. The number of pyridine rings is 1. The lowest BCUT2D eigenvalue weighted by Crippen LogP contribution is -2.31. The largest absolute Gasteiger partial charge is 0.458 e. The Morgan fingerprint density at radius 2 is 2.07 bits per heavy atom. The van der Waals surface area contributed by atoms with Crippen molar-refractivity contribution in [1.29, 1.82) is 0 Å². The lowest BCUT2D eigenvalue weighted by Gasteiger charge is -2.23. The van der Waals surface area contributed by atoms with Gasteiger partial charge >= 0.3 is 5.97 Å². The van der Waals surface area contributed by atoms with Crippen LogP contribution in [0.1, 0.15) is 31.2 Å². The van der Waals surface area contributed by atoms with Crippen molar-refractivity contribution in [2.24, 2.45) is 0 Å². The molecule has 1 aromatic heterocycles. The predicted octanol–water partition coefficient (Wildman–Crippen LogP) is 5.06. The summed E-state index contributed by atoms with van der Waals surface area (Å²) < 4.78 is 47.2. The molecule has 1 saturated heterocycles. The van der Waals surface area contributed by atoms with Gasteiger partial charge in [-0.25, -0.2) is 13.2 Å². The average Bonchev–Trinajstić information content (AvgIpc) is 2.72. The Hall–Kier alpha value is -2.58. The Bertz CT molecular complexity index is 1100. The maximum absolute atomic E-state index is 14.3. The summed E-state index contributed by atoms with van der Waals surface area (Å²) in [7, 11) is 0. The number of nitrogens with zero attached hydrogens (tertiary/aromatic N) is 1. The molecule has 0 unspecified atom stereocenters. The summed E-state index contributed by atoms with van der Waals surface area (Å²) in [5, 5.41) is 9.91. The minimum absolute atomic E-state index is 0.0480. The van der Waals surface area contributed by atoms with Gasteiger partial charge in [0.25, 0.3) is 0 Å². The maximum Gasteiger partial charge on any atom is 0.309 e. The van der Waals surface area contributed by atoms with Crippen LogP contribution in [0.2, 0.25) is 0 Å². The monoisotopic (exact) mass is 433 g/mol. The summed E-state index contributed by atoms with van der Waals surface area (Å²) in [5.41, 5.74) is 0.280. The summed E-state index contributed by atoms with van der Waals surface area (Å²) in [6, 6.07) is 0.942. The van der Waals surface area contributed by atoms with E-state index in [1.807, 2.05) is 18.2 Å². The second-order valence-electron chi connectivity index (χ2n) is 7.09. The number of carbonyl (C=O) groups excluding carboxylic acids is 1. The van der Waals surface area contributed by atoms with Gasteiger partial charge in [0.2, 0.25) is 0 Å². The van der Waals surface area contributed by atoms with Gasteiger partial charge in [-0.05, 0) is 25.0 Å². The number of halogens is 3. The topological polar surface area (TPSA) is 59.4 Å². The molecule has 156 valence electrons. The van der Waals surface area contributed by atoms with Crippen LogP contribution in [0, 0.1) is 17.5 Å². The first kappa shape index (κ1) is 20.7. The van der Waals surface area contributed by atoms with E-state index in [1.54, 1.807) is 12.2 Å². The molecule has 1 fully saturated rings. The van der Waals surface area contributed by atoms with Crippen LogP contribution in [0.4, 0.5) is 13.2 Å². The summed E-state index contributed by atoms with van der Waals surface area (Å²) in [6.45, 7) is 0. The number of hydrogen-bond acceptors (Lipinski definition) is 5. The second-order valence-corrected chi connectivity index (χ2v) is 8.18. The second kappa shape index (κ2) is 8.65. The first-order valence-electron chi connectivity index (χ1n) is 9.49. The van der Waals surface area contributed by atoms with Crippen LogP contribution in [0.15, 0.2) is 46.4 Å². The molecule has 30 heavy (non-hydrogen) atoms. The van der Waals surface area contributed by atoms with E-state index in [4.69, 9.17) is 4.74 Å². The zero-order valence-corrected chi connectivity index (χ0v) is 16.6. The van der Waals surface area contributed by atoms with E-state index in [9.17, 15) is 23.1 Å². The van der Waals surface area contributed by atoms with Crippen LogP contribution in [0.5, 0.6) is 0 Å². The number of aromatic nitrogens is 1. The number of aliphatic hydroxyl groups excluding tert-OH is 1. The van der Waals surface area contributed by atoms with Gasteiger partial charge in [-0.15, -0.1) is 0 Å². The average molecular weight is 433 g/mol. The Morgan fingerprint density at radius 3 is 2.80 bits per heavy atom. The van der Waals surface area contributed by atoms with Gasteiger partial charge in [0.1, 0.15) is 11.6 Å². The number of rotatable bonds is 4. The first-order valence-corrected chi connectivity index (χ1v) is 10.3. The van der Waals surface area contributed by atoms with Crippen molar-refractivity contribution in [1.82, 2.24) is 4.98 Å². The predicted molar refractivity (Wildman–Crippen MR) is 108 cm³/mol. The van der Waals surface area contributed by atoms with Gasteiger partial charge in [0.15, 0.2) is 17.5 Å². The van der Waals surface area contributed by atoms with E-state index >= 15 is 0 Å². The lowest BCUT2D eigenvalue weighted by atomic mass is 10.0. The van der Waals surface area contributed by atoms with Gasteiger partial charge in [0, 0.05) is 33.4 Å². The van der Waals surface area contributed by atoms with Crippen LogP contribution in [0.25, 0.3) is 17.0 Å². The van der Waals surface area contributed by atoms with Crippen LogP contribution in [0.3, 0.4) is 0 Å². The van der Waals surface area contributed by atoms with Gasteiger partial charge in [-0.2, -0.15) is 0 Å². The van der Waals surface area contributed by atoms with Crippen molar-refractivity contribution in [2.45, 2.75) is 42.8 Å². The summed E-state index contributed by atoms with van der Waals surface area (Å²) in [5.74, 6) is -4.68. The van der Waals surface area contributed by atoms with Gasteiger partial charge in [-0.1, -0.05) is 36.1 Å². The number of hydrogen-bond donors (Lipinski definition) is 1. The zero-order chi connectivity index (χ0) is 21.3. The van der Waals surface area contributed by atoms with Crippen LogP contribution < -0.4 is 0 Å². The highest BCUT2D eigenvalue weighted by molar-refractivity contribution is 8.03. The number of benzene rings is 1. The number of esters is 1. The molecule has 1 aromatic carbocycles. The molecule has 0 bridgehead atoms. The molecule has 4 nitrogen and oxygen atoms in total. The number of allylic oxidation sites excluding steroid dienone is 3. The molecular formula is C22H18F3NO3S. The Balaban J connectivity index is 1.78. The third-order valence-corrected chi connectivity index (χ3v) is 6.04. The molecule has 4 rings (SSSR count). The minimum Gasteiger partial charge on any atom is -0.458 e. The van der Waals surface area contributed by atoms with Crippen molar-refractivity contribution < 1.29 is 27.8 Å². The number of carbonyl (C=O) groups is 1. The van der Waals surface area contributed by atoms with E-state index < -0.39 is 35.6 Å². The fourth-order valence-electron chi connectivity index (χ4n) is 3.39. The molecule has 0 spiro atoms. The highest BCUT2D eigenvalue weighted by Gasteiger charge is 2.25. The molecule has 1 aliphatic carbocycles. The van der Waals surface area contributed by atoms with Crippen molar-refractivity contribution in [3.63, 3.8) is 0 Å². The molecule has 1 N–H and O–H groups in total. The molecule has 2 atom stereocenters.